The zero-order chi connectivity index (χ0) is 25.5. The second-order valence-corrected chi connectivity index (χ2v) is 10.4. The lowest BCUT2D eigenvalue weighted by Gasteiger charge is -2.41. The van der Waals surface area contributed by atoms with Gasteiger partial charge in [0.05, 0.1) is 16.1 Å². The Balaban J connectivity index is 1.78. The Bertz CT molecular complexity index is 1140. The van der Waals surface area contributed by atoms with Crippen molar-refractivity contribution in [2.45, 2.75) is 54.7 Å². The average Bonchev–Trinajstić information content (AvgIpc) is 2.69. The van der Waals surface area contributed by atoms with Crippen molar-refractivity contribution >= 4 is 9.84 Å². The van der Waals surface area contributed by atoms with Crippen molar-refractivity contribution in [2.75, 3.05) is 12.9 Å². The molecule has 1 aromatic carbocycles. The summed E-state index contributed by atoms with van der Waals surface area (Å²) in [7, 11) is -4.13. The molecule has 3 atom stereocenters. The number of piperidine rings is 1. The first-order valence-corrected chi connectivity index (χ1v) is 11.9. The van der Waals surface area contributed by atoms with E-state index >= 15 is 0 Å². The topological polar surface area (TPSA) is 88.5 Å². The standard InChI is InChI=1S/C21H22F6N2O4S/c1-12-8-19(30,13-3-6-18(28-10-13)21(25,26)27)9-14(29-12)11-33-15-4-5-17(34(2,31)32)16(7-15)20(22,23)24/h3-7,10,12,14,29-30H,8-9,11H2,1-2H3/t12?,14-,19-/m0/s1. The molecule has 34 heavy (non-hydrogen) atoms. The average molecular weight is 512 g/mol. The third-order valence-corrected chi connectivity index (χ3v) is 6.60. The number of nitrogens with one attached hydrogen (secondary N) is 1. The molecule has 188 valence electrons. The van der Waals surface area contributed by atoms with Gasteiger partial charge in [-0.25, -0.2) is 8.42 Å². The summed E-state index contributed by atoms with van der Waals surface area (Å²) in [4.78, 5) is 2.51. The fourth-order valence-corrected chi connectivity index (χ4v) is 4.93. The van der Waals surface area contributed by atoms with Crippen LogP contribution in [-0.4, -0.2) is 43.5 Å². The van der Waals surface area contributed by atoms with Gasteiger partial charge in [0, 0.05) is 30.1 Å². The number of ether oxygens (including phenoxy) is 1. The molecule has 1 saturated heterocycles. The highest BCUT2D eigenvalue weighted by Crippen LogP contribution is 2.38. The van der Waals surface area contributed by atoms with Crippen LogP contribution in [0, 0.1) is 0 Å². The maximum absolute atomic E-state index is 13.4. The molecule has 1 aromatic heterocycles. The first-order chi connectivity index (χ1) is 15.5. The maximum atomic E-state index is 13.4. The first-order valence-electron chi connectivity index (χ1n) is 10.1. The number of aromatic nitrogens is 1. The van der Waals surface area contributed by atoms with Gasteiger partial charge in [-0.05, 0) is 44.0 Å². The minimum atomic E-state index is -4.93. The van der Waals surface area contributed by atoms with Crippen LogP contribution >= 0.6 is 0 Å². The van der Waals surface area contributed by atoms with E-state index < -0.39 is 50.0 Å². The van der Waals surface area contributed by atoms with Gasteiger partial charge in [-0.3, -0.25) is 4.98 Å². The van der Waals surface area contributed by atoms with Crippen LogP contribution in [-0.2, 0) is 27.8 Å². The van der Waals surface area contributed by atoms with Crippen LogP contribution in [0.25, 0.3) is 0 Å². The molecule has 13 heteroatoms. The van der Waals surface area contributed by atoms with E-state index in [1.807, 2.05) is 0 Å². The van der Waals surface area contributed by atoms with Crippen LogP contribution in [0.5, 0.6) is 5.75 Å². The van der Waals surface area contributed by atoms with Gasteiger partial charge >= 0.3 is 12.4 Å². The van der Waals surface area contributed by atoms with Gasteiger partial charge in [-0.2, -0.15) is 26.3 Å². The summed E-state index contributed by atoms with van der Waals surface area (Å²) in [6.07, 6.45) is -7.76. The molecule has 0 spiro atoms. The predicted molar refractivity (Wildman–Crippen MR) is 109 cm³/mol. The number of rotatable bonds is 5. The van der Waals surface area contributed by atoms with Crippen LogP contribution in [0.4, 0.5) is 26.3 Å². The molecule has 2 N–H and O–H groups in total. The molecular formula is C21H22F6N2O4S. The number of aliphatic hydroxyl groups is 1. The number of benzene rings is 1. The highest BCUT2D eigenvalue weighted by Gasteiger charge is 2.41. The number of pyridine rings is 1. The van der Waals surface area contributed by atoms with Crippen LogP contribution in [0.3, 0.4) is 0 Å². The minimum Gasteiger partial charge on any atom is -0.492 e. The number of sulfone groups is 1. The van der Waals surface area contributed by atoms with E-state index in [4.69, 9.17) is 4.74 Å². The second-order valence-electron chi connectivity index (χ2n) is 8.37. The van der Waals surface area contributed by atoms with Gasteiger partial charge in [-0.1, -0.05) is 6.07 Å². The van der Waals surface area contributed by atoms with Crippen molar-refractivity contribution in [1.29, 1.82) is 0 Å². The molecule has 0 bridgehead atoms. The third kappa shape index (κ3) is 5.99. The molecule has 1 unspecified atom stereocenters. The molecule has 0 radical (unpaired) electrons. The highest BCUT2D eigenvalue weighted by molar-refractivity contribution is 7.90. The number of hydrogen-bond donors (Lipinski definition) is 2. The Morgan fingerprint density at radius 1 is 1.12 bits per heavy atom. The monoisotopic (exact) mass is 512 g/mol. The van der Waals surface area contributed by atoms with Gasteiger partial charge in [0.2, 0.25) is 0 Å². The first kappa shape index (κ1) is 26.2. The number of hydrogen-bond acceptors (Lipinski definition) is 6. The Hall–Kier alpha value is -2.38. The smallest absolute Gasteiger partial charge is 0.433 e. The van der Waals surface area contributed by atoms with Gasteiger partial charge in [-0.15, -0.1) is 0 Å². The SMILES string of the molecule is CC1C[C@@](O)(c2ccc(C(F)(F)F)nc2)C[C@@H](COc2ccc(S(C)(=O)=O)c(C(F)(F)F)c2)N1. The van der Waals surface area contributed by atoms with Crippen LogP contribution < -0.4 is 10.1 Å². The van der Waals surface area contributed by atoms with Gasteiger partial charge in [0.15, 0.2) is 9.84 Å². The fourth-order valence-electron chi connectivity index (χ4n) is 4.04. The lowest BCUT2D eigenvalue weighted by Crippen LogP contribution is -2.53. The van der Waals surface area contributed by atoms with E-state index in [9.17, 15) is 39.9 Å². The van der Waals surface area contributed by atoms with Crippen LogP contribution in [0.1, 0.15) is 36.6 Å². The summed E-state index contributed by atoms with van der Waals surface area (Å²) < 4.78 is 107. The Labute approximate surface area is 191 Å². The van der Waals surface area contributed by atoms with E-state index in [-0.39, 0.29) is 36.8 Å². The van der Waals surface area contributed by atoms with Crippen molar-refractivity contribution in [3.8, 4) is 5.75 Å². The van der Waals surface area contributed by atoms with Crippen molar-refractivity contribution in [3.63, 3.8) is 0 Å². The van der Waals surface area contributed by atoms with E-state index in [0.717, 1.165) is 30.5 Å². The molecule has 1 aliphatic heterocycles. The Morgan fingerprint density at radius 3 is 2.32 bits per heavy atom. The van der Waals surface area contributed by atoms with Crippen molar-refractivity contribution < 1.29 is 44.6 Å². The highest BCUT2D eigenvalue weighted by atomic mass is 32.2. The number of nitrogens with zero attached hydrogens (tertiary/aromatic N) is 1. The molecule has 3 rings (SSSR count). The van der Waals surface area contributed by atoms with Crippen LogP contribution in [0.2, 0.25) is 0 Å². The summed E-state index contributed by atoms with van der Waals surface area (Å²) in [6.45, 7) is 1.55. The van der Waals surface area contributed by atoms with Crippen LogP contribution in [0.15, 0.2) is 41.4 Å². The van der Waals surface area contributed by atoms with Crippen molar-refractivity contribution in [3.05, 3.63) is 53.3 Å². The normalized spacial score (nSPS) is 24.1. The van der Waals surface area contributed by atoms with Gasteiger partial charge < -0.3 is 15.2 Å². The lowest BCUT2D eigenvalue weighted by atomic mass is 9.79. The van der Waals surface area contributed by atoms with E-state index in [1.165, 1.54) is 0 Å². The molecule has 0 amide bonds. The van der Waals surface area contributed by atoms with Gasteiger partial charge in [0.25, 0.3) is 0 Å². The predicted octanol–water partition coefficient (Wildman–Crippen LogP) is 3.93. The summed E-state index contributed by atoms with van der Waals surface area (Å²) in [5.74, 6) is -0.223. The Kier molecular flexibility index (Phi) is 6.95. The van der Waals surface area contributed by atoms with Crippen molar-refractivity contribution in [2.24, 2.45) is 0 Å². The summed E-state index contributed by atoms with van der Waals surface area (Å²) in [5, 5.41) is 14.2. The minimum absolute atomic E-state index is 0.00205. The lowest BCUT2D eigenvalue weighted by molar-refractivity contribution is -0.141. The number of halogens is 6. The third-order valence-electron chi connectivity index (χ3n) is 5.45. The second kappa shape index (κ2) is 9.00. The molecular weight excluding hydrogens is 490 g/mol. The zero-order valence-corrected chi connectivity index (χ0v) is 18.9. The van der Waals surface area contributed by atoms with E-state index in [1.54, 1.807) is 6.92 Å². The van der Waals surface area contributed by atoms with E-state index in [2.05, 4.69) is 10.3 Å². The van der Waals surface area contributed by atoms with E-state index in [0.29, 0.717) is 12.3 Å². The summed E-state index contributed by atoms with van der Waals surface area (Å²) in [6, 6.07) is 3.55. The van der Waals surface area contributed by atoms with Gasteiger partial charge in [0.1, 0.15) is 18.1 Å². The molecule has 0 aliphatic carbocycles. The molecule has 2 aromatic rings. The zero-order valence-electron chi connectivity index (χ0n) is 18.0. The largest absolute Gasteiger partial charge is 0.492 e. The molecule has 1 fully saturated rings. The summed E-state index contributed by atoms with van der Waals surface area (Å²) >= 11 is 0. The number of alkyl halides is 6. The molecule has 6 nitrogen and oxygen atoms in total. The molecule has 2 heterocycles. The quantitative estimate of drug-likeness (QED) is 0.591. The summed E-state index contributed by atoms with van der Waals surface area (Å²) in [5.41, 5.74) is -3.81. The maximum Gasteiger partial charge on any atom is 0.433 e. The molecule has 0 saturated carbocycles. The molecule has 1 aliphatic rings. The van der Waals surface area contributed by atoms with Crippen molar-refractivity contribution in [1.82, 2.24) is 10.3 Å². The Morgan fingerprint density at radius 2 is 1.79 bits per heavy atom. The fraction of sp³-hybridized carbons (Fsp3) is 0.476.